The minimum absolute atomic E-state index is 0.0689. The number of carbonyl (C=O) groups excluding carboxylic acids is 1. The number of nitrogens with zero attached hydrogens (tertiary/aromatic N) is 2. The van der Waals surface area contributed by atoms with E-state index in [1.54, 1.807) is 0 Å². The molecule has 2 aliphatic rings. The van der Waals surface area contributed by atoms with Crippen molar-refractivity contribution in [2.75, 3.05) is 36.4 Å². The molecule has 2 aliphatic heterocycles. The van der Waals surface area contributed by atoms with E-state index in [4.69, 9.17) is 0 Å². The number of anilines is 2. The van der Waals surface area contributed by atoms with Crippen LogP contribution in [-0.2, 0) is 11.2 Å². The Kier molecular flexibility index (Phi) is 4.77. The minimum Gasteiger partial charge on any atom is -0.372 e. The zero-order valence-corrected chi connectivity index (χ0v) is 15.5. The second-order valence-electron chi connectivity index (χ2n) is 6.98. The quantitative estimate of drug-likeness (QED) is 0.903. The van der Waals surface area contributed by atoms with Gasteiger partial charge in [-0.2, -0.15) is 0 Å². The molecule has 1 fully saturated rings. The first kappa shape index (κ1) is 16.6. The molecule has 4 rings (SSSR count). The molecule has 1 amide bonds. The summed E-state index contributed by atoms with van der Waals surface area (Å²) < 4.78 is 0. The van der Waals surface area contributed by atoms with E-state index >= 15 is 0 Å². The van der Waals surface area contributed by atoms with E-state index in [9.17, 15) is 4.79 Å². The second-order valence-corrected chi connectivity index (χ2v) is 7.99. The topological polar surface area (TPSA) is 35.6 Å². The molecule has 132 valence electrons. The third-order valence-electron chi connectivity index (χ3n) is 5.37. The highest BCUT2D eigenvalue weighted by Crippen LogP contribution is 2.32. The smallest absolute Gasteiger partial charge is 0.238 e. The molecule has 0 bridgehead atoms. The van der Waals surface area contributed by atoms with Gasteiger partial charge in [-0.1, -0.05) is 0 Å². The molecule has 0 radical (unpaired) electrons. The molecule has 4 nitrogen and oxygen atoms in total. The second kappa shape index (κ2) is 7.18. The normalized spacial score (nSPS) is 20.5. The Balaban J connectivity index is 1.34. The summed E-state index contributed by atoms with van der Waals surface area (Å²) in [6.07, 6.45) is 3.60. The molecule has 1 saturated heterocycles. The predicted molar refractivity (Wildman–Crippen MR) is 105 cm³/mol. The van der Waals surface area contributed by atoms with Gasteiger partial charge in [-0.15, -0.1) is 11.3 Å². The van der Waals surface area contributed by atoms with Gasteiger partial charge in [0, 0.05) is 41.9 Å². The number of nitrogens with one attached hydrogen (secondary N) is 1. The van der Waals surface area contributed by atoms with Gasteiger partial charge >= 0.3 is 0 Å². The van der Waals surface area contributed by atoms with Gasteiger partial charge in [0.15, 0.2) is 0 Å². The zero-order chi connectivity index (χ0) is 17.2. The van der Waals surface area contributed by atoms with Crippen molar-refractivity contribution < 1.29 is 4.79 Å². The van der Waals surface area contributed by atoms with Gasteiger partial charge < -0.3 is 10.2 Å². The summed E-state index contributed by atoms with van der Waals surface area (Å²) in [7, 11) is 0. The van der Waals surface area contributed by atoms with Crippen LogP contribution >= 0.6 is 11.3 Å². The molecule has 1 aromatic carbocycles. The van der Waals surface area contributed by atoms with Crippen molar-refractivity contribution >= 4 is 28.6 Å². The Bertz CT molecular complexity index is 734. The van der Waals surface area contributed by atoms with Crippen molar-refractivity contribution in [2.45, 2.75) is 32.2 Å². The number of hydrogen-bond donors (Lipinski definition) is 1. The van der Waals surface area contributed by atoms with Crippen LogP contribution in [0.4, 0.5) is 11.4 Å². The van der Waals surface area contributed by atoms with Gasteiger partial charge in [-0.25, -0.2) is 0 Å². The Morgan fingerprint density at radius 2 is 1.92 bits per heavy atom. The fourth-order valence-electron chi connectivity index (χ4n) is 3.89. The molecule has 0 saturated carbocycles. The molecule has 2 aromatic rings. The number of fused-ring (bicyclic) bond motifs is 1. The zero-order valence-electron chi connectivity index (χ0n) is 14.7. The average molecular weight is 356 g/mol. The van der Waals surface area contributed by atoms with Crippen LogP contribution in [0, 0.1) is 0 Å². The first-order chi connectivity index (χ1) is 12.2. The highest BCUT2D eigenvalue weighted by molar-refractivity contribution is 7.10. The largest absolute Gasteiger partial charge is 0.372 e. The summed E-state index contributed by atoms with van der Waals surface area (Å²) in [6, 6.07) is 10.8. The molecule has 5 heteroatoms. The van der Waals surface area contributed by atoms with Crippen molar-refractivity contribution in [1.29, 1.82) is 0 Å². The maximum atomic E-state index is 12.5. The monoisotopic (exact) mass is 355 g/mol. The van der Waals surface area contributed by atoms with E-state index in [0.29, 0.717) is 12.6 Å². The van der Waals surface area contributed by atoms with E-state index in [-0.39, 0.29) is 5.91 Å². The van der Waals surface area contributed by atoms with Gasteiger partial charge in [0.2, 0.25) is 5.91 Å². The first-order valence-electron chi connectivity index (χ1n) is 9.16. The lowest BCUT2D eigenvalue weighted by molar-refractivity contribution is -0.117. The SMILES string of the molecule is C[C@H]1c2ccsc2CCN1CC(=O)Nc1ccc(N2CCCC2)cc1. The van der Waals surface area contributed by atoms with Crippen molar-refractivity contribution in [1.82, 2.24) is 4.90 Å². The third kappa shape index (κ3) is 3.58. The number of benzene rings is 1. The van der Waals surface area contributed by atoms with Crippen LogP contribution in [-0.4, -0.2) is 37.0 Å². The lowest BCUT2D eigenvalue weighted by Gasteiger charge is -2.32. The Morgan fingerprint density at radius 3 is 2.68 bits per heavy atom. The molecule has 1 aromatic heterocycles. The van der Waals surface area contributed by atoms with Gasteiger partial charge in [-0.3, -0.25) is 9.69 Å². The summed E-state index contributed by atoms with van der Waals surface area (Å²) in [4.78, 5) is 18.6. The molecule has 3 heterocycles. The maximum Gasteiger partial charge on any atom is 0.238 e. The van der Waals surface area contributed by atoms with Gasteiger partial charge in [-0.05, 0) is 67.5 Å². The van der Waals surface area contributed by atoms with Crippen LogP contribution in [0.5, 0.6) is 0 Å². The van der Waals surface area contributed by atoms with Crippen LogP contribution in [0.3, 0.4) is 0 Å². The lowest BCUT2D eigenvalue weighted by atomic mass is 10.0. The van der Waals surface area contributed by atoms with Gasteiger partial charge in [0.1, 0.15) is 0 Å². The first-order valence-corrected chi connectivity index (χ1v) is 10.0. The summed E-state index contributed by atoms with van der Waals surface area (Å²) in [5.41, 5.74) is 3.53. The number of amides is 1. The molecular formula is C20H25N3OS. The fraction of sp³-hybridized carbons (Fsp3) is 0.450. The van der Waals surface area contributed by atoms with Crippen molar-refractivity contribution in [2.24, 2.45) is 0 Å². The molecule has 1 atom stereocenters. The Morgan fingerprint density at radius 1 is 1.16 bits per heavy atom. The van der Waals surface area contributed by atoms with E-state index in [1.165, 1.54) is 29.0 Å². The lowest BCUT2D eigenvalue weighted by Crippen LogP contribution is -2.39. The van der Waals surface area contributed by atoms with Crippen molar-refractivity contribution in [3.05, 3.63) is 46.2 Å². The van der Waals surface area contributed by atoms with E-state index < -0.39 is 0 Å². The van der Waals surface area contributed by atoms with Gasteiger partial charge in [0.05, 0.1) is 6.54 Å². The predicted octanol–water partition coefficient (Wildman–Crippen LogP) is 3.91. The van der Waals surface area contributed by atoms with E-state index in [1.807, 2.05) is 23.5 Å². The van der Waals surface area contributed by atoms with Crippen LogP contribution in [0.15, 0.2) is 35.7 Å². The number of thiophene rings is 1. The summed E-state index contributed by atoms with van der Waals surface area (Å²) >= 11 is 1.83. The molecule has 0 spiro atoms. The van der Waals surface area contributed by atoms with E-state index in [0.717, 1.165) is 31.7 Å². The standard InChI is InChI=1S/C20H25N3OS/c1-15-18-9-13-25-19(18)8-12-23(15)14-20(24)21-16-4-6-17(7-5-16)22-10-2-3-11-22/h4-7,9,13,15H,2-3,8,10-12,14H2,1H3,(H,21,24)/t15-/m0/s1. The van der Waals surface area contributed by atoms with E-state index in [2.05, 4.69) is 45.6 Å². The maximum absolute atomic E-state index is 12.5. The van der Waals surface area contributed by atoms with Gasteiger partial charge in [0.25, 0.3) is 0 Å². The average Bonchev–Trinajstić information content (AvgIpc) is 3.30. The number of hydrogen-bond acceptors (Lipinski definition) is 4. The highest BCUT2D eigenvalue weighted by atomic mass is 32.1. The minimum atomic E-state index is 0.0689. The summed E-state index contributed by atoms with van der Waals surface area (Å²) in [5.74, 6) is 0.0689. The molecule has 1 N–H and O–H groups in total. The number of carbonyl (C=O) groups is 1. The third-order valence-corrected chi connectivity index (χ3v) is 6.37. The van der Waals surface area contributed by atoms with Crippen molar-refractivity contribution in [3.63, 3.8) is 0 Å². The van der Waals surface area contributed by atoms with Crippen LogP contribution in [0.1, 0.15) is 36.2 Å². The molecular weight excluding hydrogens is 330 g/mol. The summed E-state index contributed by atoms with van der Waals surface area (Å²) in [5, 5.41) is 5.21. The highest BCUT2D eigenvalue weighted by Gasteiger charge is 2.26. The molecule has 0 aliphatic carbocycles. The van der Waals surface area contributed by atoms with Crippen LogP contribution in [0.2, 0.25) is 0 Å². The van der Waals surface area contributed by atoms with Crippen LogP contribution < -0.4 is 10.2 Å². The Labute approximate surface area is 153 Å². The summed E-state index contributed by atoms with van der Waals surface area (Å²) in [6.45, 7) is 5.88. The molecule has 0 unspecified atom stereocenters. The van der Waals surface area contributed by atoms with Crippen molar-refractivity contribution in [3.8, 4) is 0 Å². The Hall–Kier alpha value is -1.85. The van der Waals surface area contributed by atoms with Crippen LogP contribution in [0.25, 0.3) is 0 Å². The fourth-order valence-corrected chi connectivity index (χ4v) is 4.86. The molecule has 25 heavy (non-hydrogen) atoms. The number of rotatable bonds is 4.